The Hall–Kier alpha value is -2.18. The van der Waals surface area contributed by atoms with Crippen molar-refractivity contribution in [2.24, 2.45) is 11.8 Å². The van der Waals surface area contributed by atoms with E-state index in [-0.39, 0.29) is 12.5 Å². The standard InChI is InChI=1S/C13H18N4O3/c1-8-14-11(16-15-8)7-17(2)12(18)9-5-3-4-6-10(9)13(19)20/h3-4,9-10H,5-7H2,1-2H3,(H,19,20)(H,14,15,16)/t9-,10+/m1/s1. The number of H-pyrrole nitrogens is 1. The number of carbonyl (C=O) groups is 2. The van der Waals surface area contributed by atoms with E-state index >= 15 is 0 Å². The minimum atomic E-state index is -0.921. The summed E-state index contributed by atoms with van der Waals surface area (Å²) in [6.45, 7) is 2.06. The number of amides is 1. The number of carboxylic acids is 1. The Morgan fingerprint density at radius 1 is 1.40 bits per heavy atom. The molecule has 1 amide bonds. The van der Waals surface area contributed by atoms with E-state index < -0.39 is 17.8 Å². The van der Waals surface area contributed by atoms with E-state index in [9.17, 15) is 14.7 Å². The van der Waals surface area contributed by atoms with Gasteiger partial charge in [-0.2, -0.15) is 5.10 Å². The van der Waals surface area contributed by atoms with Gasteiger partial charge in [0.2, 0.25) is 5.91 Å². The molecule has 108 valence electrons. The number of aromatic nitrogens is 3. The molecular weight excluding hydrogens is 260 g/mol. The highest BCUT2D eigenvalue weighted by atomic mass is 16.4. The van der Waals surface area contributed by atoms with Crippen molar-refractivity contribution in [3.05, 3.63) is 23.8 Å². The van der Waals surface area contributed by atoms with Crippen LogP contribution in [0.3, 0.4) is 0 Å². The summed E-state index contributed by atoms with van der Waals surface area (Å²) in [5.41, 5.74) is 0. The number of rotatable bonds is 4. The first-order valence-corrected chi connectivity index (χ1v) is 6.49. The molecule has 0 saturated carbocycles. The average molecular weight is 278 g/mol. The normalized spacial score (nSPS) is 21.7. The van der Waals surface area contributed by atoms with Crippen LogP contribution < -0.4 is 0 Å². The van der Waals surface area contributed by atoms with E-state index in [4.69, 9.17) is 0 Å². The number of aryl methyl sites for hydroxylation is 1. The molecular formula is C13H18N4O3. The van der Waals surface area contributed by atoms with Crippen LogP contribution in [0.5, 0.6) is 0 Å². The van der Waals surface area contributed by atoms with Crippen molar-refractivity contribution >= 4 is 11.9 Å². The van der Waals surface area contributed by atoms with E-state index in [1.165, 1.54) is 4.90 Å². The number of allylic oxidation sites excluding steroid dienone is 2. The molecule has 1 heterocycles. The van der Waals surface area contributed by atoms with Crippen molar-refractivity contribution in [3.8, 4) is 0 Å². The maximum atomic E-state index is 12.4. The van der Waals surface area contributed by atoms with Gasteiger partial charge in [0.25, 0.3) is 0 Å². The fourth-order valence-electron chi connectivity index (χ4n) is 2.39. The van der Waals surface area contributed by atoms with Crippen LogP contribution in [0.1, 0.15) is 24.5 Å². The van der Waals surface area contributed by atoms with Gasteiger partial charge in [0.1, 0.15) is 5.82 Å². The fraction of sp³-hybridized carbons (Fsp3) is 0.538. The quantitative estimate of drug-likeness (QED) is 0.791. The molecule has 0 fully saturated rings. The molecule has 2 rings (SSSR count). The Labute approximate surface area is 116 Å². The number of hydrogen-bond donors (Lipinski definition) is 2. The second-order valence-corrected chi connectivity index (χ2v) is 5.03. The molecule has 2 N–H and O–H groups in total. The van der Waals surface area contributed by atoms with Gasteiger partial charge in [-0.05, 0) is 19.8 Å². The predicted octanol–water partition coefficient (Wildman–Crippen LogP) is 0.739. The Morgan fingerprint density at radius 2 is 2.05 bits per heavy atom. The first-order chi connectivity index (χ1) is 9.49. The summed E-state index contributed by atoms with van der Waals surface area (Å²) in [6.07, 6.45) is 4.56. The second-order valence-electron chi connectivity index (χ2n) is 5.03. The summed E-state index contributed by atoms with van der Waals surface area (Å²) < 4.78 is 0. The van der Waals surface area contributed by atoms with Gasteiger partial charge in [0.15, 0.2) is 5.82 Å². The zero-order chi connectivity index (χ0) is 14.7. The second kappa shape index (κ2) is 5.85. The van der Waals surface area contributed by atoms with Gasteiger partial charge in [0, 0.05) is 7.05 Å². The lowest BCUT2D eigenvalue weighted by Crippen LogP contribution is -2.39. The van der Waals surface area contributed by atoms with Crippen LogP contribution in [0.4, 0.5) is 0 Å². The SMILES string of the molecule is Cc1nc(CN(C)C(=O)[C@@H]2CC=CC[C@@H]2C(=O)O)n[nH]1. The van der Waals surface area contributed by atoms with Crippen molar-refractivity contribution in [1.29, 1.82) is 0 Å². The lowest BCUT2D eigenvalue weighted by Gasteiger charge is -2.28. The molecule has 1 aromatic heterocycles. The van der Waals surface area contributed by atoms with E-state index in [0.717, 1.165) is 0 Å². The van der Waals surface area contributed by atoms with Crippen molar-refractivity contribution in [3.63, 3.8) is 0 Å². The Morgan fingerprint density at radius 3 is 2.60 bits per heavy atom. The number of nitrogens with zero attached hydrogens (tertiary/aromatic N) is 3. The van der Waals surface area contributed by atoms with E-state index in [1.807, 2.05) is 12.2 Å². The smallest absolute Gasteiger partial charge is 0.307 e. The minimum absolute atomic E-state index is 0.177. The third-order valence-electron chi connectivity index (χ3n) is 3.47. The van der Waals surface area contributed by atoms with Crippen LogP contribution >= 0.6 is 0 Å². The number of carbonyl (C=O) groups excluding carboxylic acids is 1. The topological polar surface area (TPSA) is 99.2 Å². The van der Waals surface area contributed by atoms with Crippen molar-refractivity contribution in [2.75, 3.05) is 7.05 Å². The zero-order valence-electron chi connectivity index (χ0n) is 11.5. The van der Waals surface area contributed by atoms with E-state index in [1.54, 1.807) is 14.0 Å². The number of aliphatic carboxylic acids is 1. The summed E-state index contributed by atoms with van der Waals surface area (Å²) in [7, 11) is 1.64. The first-order valence-electron chi connectivity index (χ1n) is 6.49. The average Bonchev–Trinajstić information content (AvgIpc) is 2.83. The van der Waals surface area contributed by atoms with Crippen molar-refractivity contribution in [1.82, 2.24) is 20.1 Å². The molecule has 0 aromatic carbocycles. The number of nitrogens with one attached hydrogen (secondary N) is 1. The van der Waals surface area contributed by atoms with Gasteiger partial charge >= 0.3 is 5.97 Å². The first kappa shape index (κ1) is 14.2. The Bertz CT molecular complexity index is 537. The monoisotopic (exact) mass is 278 g/mol. The molecule has 0 unspecified atom stereocenters. The molecule has 2 atom stereocenters. The van der Waals surface area contributed by atoms with Gasteiger partial charge in [-0.15, -0.1) is 0 Å². The largest absolute Gasteiger partial charge is 0.481 e. The lowest BCUT2D eigenvalue weighted by atomic mass is 9.82. The predicted molar refractivity (Wildman–Crippen MR) is 70.6 cm³/mol. The summed E-state index contributed by atoms with van der Waals surface area (Å²) in [5.74, 6) is -1.05. The van der Waals surface area contributed by atoms with Crippen LogP contribution in [0.25, 0.3) is 0 Å². The lowest BCUT2D eigenvalue weighted by molar-refractivity contribution is -0.150. The maximum absolute atomic E-state index is 12.4. The highest BCUT2D eigenvalue weighted by Gasteiger charge is 2.35. The molecule has 0 bridgehead atoms. The summed E-state index contributed by atoms with van der Waals surface area (Å²) in [4.78, 5) is 29.2. The van der Waals surface area contributed by atoms with E-state index in [2.05, 4.69) is 15.2 Å². The van der Waals surface area contributed by atoms with Crippen LogP contribution in [-0.2, 0) is 16.1 Å². The molecule has 0 spiro atoms. The van der Waals surface area contributed by atoms with Crippen LogP contribution in [0.2, 0.25) is 0 Å². The Kier molecular flexibility index (Phi) is 4.16. The highest BCUT2D eigenvalue weighted by Crippen LogP contribution is 2.27. The highest BCUT2D eigenvalue weighted by molar-refractivity contribution is 5.85. The number of carboxylic acid groups (broad SMARTS) is 1. The minimum Gasteiger partial charge on any atom is -0.481 e. The molecule has 0 aliphatic heterocycles. The van der Waals surface area contributed by atoms with E-state index in [0.29, 0.717) is 24.5 Å². The third kappa shape index (κ3) is 3.04. The molecule has 1 aromatic rings. The van der Waals surface area contributed by atoms with Gasteiger partial charge in [-0.3, -0.25) is 14.7 Å². The van der Waals surface area contributed by atoms with Crippen LogP contribution in [0.15, 0.2) is 12.2 Å². The molecule has 0 saturated heterocycles. The Balaban J connectivity index is 2.05. The zero-order valence-corrected chi connectivity index (χ0v) is 11.5. The van der Waals surface area contributed by atoms with Crippen LogP contribution in [0, 0.1) is 18.8 Å². The number of hydrogen-bond acceptors (Lipinski definition) is 4. The third-order valence-corrected chi connectivity index (χ3v) is 3.47. The van der Waals surface area contributed by atoms with Gasteiger partial charge in [-0.25, -0.2) is 4.98 Å². The van der Waals surface area contributed by atoms with Gasteiger partial charge in [-0.1, -0.05) is 12.2 Å². The van der Waals surface area contributed by atoms with Crippen LogP contribution in [-0.4, -0.2) is 44.1 Å². The fourth-order valence-corrected chi connectivity index (χ4v) is 2.39. The molecule has 1 aliphatic carbocycles. The summed E-state index contributed by atoms with van der Waals surface area (Å²) in [5, 5.41) is 15.9. The van der Waals surface area contributed by atoms with Gasteiger partial charge in [0.05, 0.1) is 18.4 Å². The maximum Gasteiger partial charge on any atom is 0.307 e. The molecule has 7 heteroatoms. The molecule has 1 aliphatic rings. The molecule has 7 nitrogen and oxygen atoms in total. The molecule has 20 heavy (non-hydrogen) atoms. The van der Waals surface area contributed by atoms with Crippen molar-refractivity contribution < 1.29 is 14.7 Å². The summed E-state index contributed by atoms with van der Waals surface area (Å²) in [6, 6.07) is 0. The summed E-state index contributed by atoms with van der Waals surface area (Å²) >= 11 is 0. The molecule has 0 radical (unpaired) electrons. The van der Waals surface area contributed by atoms with Gasteiger partial charge < -0.3 is 10.0 Å². The number of aromatic amines is 1. The van der Waals surface area contributed by atoms with Crippen molar-refractivity contribution in [2.45, 2.75) is 26.3 Å².